The molecule has 1 aromatic rings. The summed E-state index contributed by atoms with van der Waals surface area (Å²) in [6.07, 6.45) is 2.63. The molecule has 3 unspecified atom stereocenters. The van der Waals surface area contributed by atoms with Crippen LogP contribution < -0.4 is 0 Å². The number of rotatable bonds is 2. The molecular weight excluding hydrogens is 212 g/mol. The Morgan fingerprint density at radius 3 is 2.65 bits per heavy atom. The molecule has 0 bridgehead atoms. The Bertz CT molecular complexity index is 477. The van der Waals surface area contributed by atoms with Gasteiger partial charge in [-0.15, -0.1) is 0 Å². The van der Waals surface area contributed by atoms with E-state index in [4.69, 9.17) is 0 Å². The minimum Gasteiger partial charge on any atom is -0.299 e. The molecule has 0 heterocycles. The van der Waals surface area contributed by atoms with Crippen LogP contribution in [-0.4, -0.2) is 11.6 Å². The Hall–Kier alpha value is -1.44. The average Bonchev–Trinajstić information content (AvgIpc) is 2.97. The highest BCUT2D eigenvalue weighted by Crippen LogP contribution is 2.65. The number of carbonyl (C=O) groups is 2. The summed E-state index contributed by atoms with van der Waals surface area (Å²) in [5.41, 5.74) is 0.711. The predicted octanol–water partition coefficient (Wildman–Crippen LogP) is 2.87. The summed E-state index contributed by atoms with van der Waals surface area (Å²) >= 11 is 0. The largest absolute Gasteiger partial charge is 0.299 e. The van der Waals surface area contributed by atoms with Crippen LogP contribution in [0.25, 0.3) is 0 Å². The lowest BCUT2D eigenvalue weighted by atomic mass is 9.89. The fourth-order valence-corrected chi connectivity index (χ4v) is 3.46. The van der Waals surface area contributed by atoms with Crippen LogP contribution in [0, 0.1) is 17.3 Å². The van der Waals surface area contributed by atoms with Gasteiger partial charge in [0.1, 0.15) is 5.78 Å². The standard InChI is InChI=1S/C15H16O2/c1-15-9-5-8-11(16)12(15)13(15)14(17)10-6-3-2-4-7-10/h2-4,6-7,12-13H,5,8-9H2,1H3. The number of ketones is 2. The van der Waals surface area contributed by atoms with Gasteiger partial charge in [0.25, 0.3) is 0 Å². The van der Waals surface area contributed by atoms with Gasteiger partial charge in [-0.2, -0.15) is 0 Å². The van der Waals surface area contributed by atoms with Crippen LogP contribution >= 0.6 is 0 Å². The molecule has 88 valence electrons. The van der Waals surface area contributed by atoms with Crippen molar-refractivity contribution in [2.24, 2.45) is 17.3 Å². The zero-order chi connectivity index (χ0) is 12.0. The van der Waals surface area contributed by atoms with E-state index in [0.717, 1.165) is 18.4 Å². The van der Waals surface area contributed by atoms with Crippen molar-refractivity contribution in [2.45, 2.75) is 26.2 Å². The van der Waals surface area contributed by atoms with Gasteiger partial charge >= 0.3 is 0 Å². The maximum Gasteiger partial charge on any atom is 0.167 e. The maximum atomic E-state index is 12.4. The second kappa shape index (κ2) is 3.52. The van der Waals surface area contributed by atoms with Gasteiger partial charge in [-0.3, -0.25) is 9.59 Å². The molecule has 0 aliphatic heterocycles. The van der Waals surface area contributed by atoms with E-state index in [-0.39, 0.29) is 23.0 Å². The van der Waals surface area contributed by atoms with Gasteiger partial charge in [-0.1, -0.05) is 37.3 Å². The number of hydrogen-bond acceptors (Lipinski definition) is 2. The van der Waals surface area contributed by atoms with Gasteiger partial charge in [-0.25, -0.2) is 0 Å². The van der Waals surface area contributed by atoms with Crippen molar-refractivity contribution < 1.29 is 9.59 Å². The molecule has 0 radical (unpaired) electrons. The van der Waals surface area contributed by atoms with E-state index >= 15 is 0 Å². The Balaban J connectivity index is 1.88. The van der Waals surface area contributed by atoms with Crippen LogP contribution in [-0.2, 0) is 4.79 Å². The minimum absolute atomic E-state index is 0.00366. The van der Waals surface area contributed by atoms with Crippen LogP contribution in [0.5, 0.6) is 0 Å². The molecule has 2 fully saturated rings. The molecule has 0 aromatic heterocycles. The van der Waals surface area contributed by atoms with E-state index in [0.29, 0.717) is 12.2 Å². The molecule has 2 saturated carbocycles. The zero-order valence-corrected chi connectivity index (χ0v) is 9.98. The van der Waals surface area contributed by atoms with Crippen molar-refractivity contribution in [3.63, 3.8) is 0 Å². The van der Waals surface area contributed by atoms with Gasteiger partial charge in [0, 0.05) is 23.8 Å². The number of carbonyl (C=O) groups excluding carboxylic acids is 2. The lowest BCUT2D eigenvalue weighted by Gasteiger charge is -2.15. The summed E-state index contributed by atoms with van der Waals surface area (Å²) in [4.78, 5) is 24.2. The van der Waals surface area contributed by atoms with E-state index in [2.05, 4.69) is 6.92 Å². The van der Waals surface area contributed by atoms with Crippen molar-refractivity contribution in [2.75, 3.05) is 0 Å². The molecule has 17 heavy (non-hydrogen) atoms. The molecule has 2 aliphatic carbocycles. The first-order chi connectivity index (χ1) is 8.14. The van der Waals surface area contributed by atoms with E-state index in [1.54, 1.807) is 0 Å². The Kier molecular flexibility index (Phi) is 2.22. The molecule has 2 aliphatic rings. The summed E-state index contributed by atoms with van der Waals surface area (Å²) in [5, 5.41) is 0. The molecule has 0 amide bonds. The van der Waals surface area contributed by atoms with Crippen molar-refractivity contribution in [1.29, 1.82) is 0 Å². The Labute approximate surface area is 101 Å². The van der Waals surface area contributed by atoms with E-state index in [1.165, 1.54) is 0 Å². The highest BCUT2D eigenvalue weighted by molar-refractivity contribution is 6.05. The van der Waals surface area contributed by atoms with Crippen LogP contribution in [0.3, 0.4) is 0 Å². The normalized spacial score (nSPS) is 35.2. The van der Waals surface area contributed by atoms with Gasteiger partial charge in [0.2, 0.25) is 0 Å². The lowest BCUT2D eigenvalue weighted by molar-refractivity contribution is -0.122. The number of benzene rings is 1. The molecule has 0 saturated heterocycles. The van der Waals surface area contributed by atoms with Crippen molar-refractivity contribution >= 4 is 11.6 Å². The fourth-order valence-electron chi connectivity index (χ4n) is 3.46. The second-order valence-corrected chi connectivity index (χ2v) is 5.51. The van der Waals surface area contributed by atoms with Crippen molar-refractivity contribution in [3.8, 4) is 0 Å². The Morgan fingerprint density at radius 2 is 2.00 bits per heavy atom. The van der Waals surface area contributed by atoms with Crippen LogP contribution in [0.1, 0.15) is 36.5 Å². The maximum absolute atomic E-state index is 12.4. The average molecular weight is 228 g/mol. The van der Waals surface area contributed by atoms with Crippen molar-refractivity contribution in [1.82, 2.24) is 0 Å². The highest BCUT2D eigenvalue weighted by Gasteiger charge is 2.68. The summed E-state index contributed by atoms with van der Waals surface area (Å²) in [5.74, 6) is 0.408. The van der Waals surface area contributed by atoms with E-state index in [1.807, 2.05) is 30.3 Å². The topological polar surface area (TPSA) is 34.1 Å². The first-order valence-corrected chi connectivity index (χ1v) is 6.26. The summed E-state index contributed by atoms with van der Waals surface area (Å²) in [7, 11) is 0. The van der Waals surface area contributed by atoms with Crippen molar-refractivity contribution in [3.05, 3.63) is 35.9 Å². The Morgan fingerprint density at radius 1 is 1.29 bits per heavy atom. The second-order valence-electron chi connectivity index (χ2n) is 5.51. The van der Waals surface area contributed by atoms with Gasteiger partial charge in [0.15, 0.2) is 5.78 Å². The first-order valence-electron chi connectivity index (χ1n) is 6.26. The highest BCUT2D eigenvalue weighted by atomic mass is 16.1. The minimum atomic E-state index is -0.0556. The SMILES string of the molecule is CC12CCCC(=O)C1C2C(=O)c1ccccc1. The molecule has 3 rings (SSSR count). The fraction of sp³-hybridized carbons (Fsp3) is 0.467. The molecule has 2 nitrogen and oxygen atoms in total. The molecule has 2 heteroatoms. The molecule has 3 atom stereocenters. The van der Waals surface area contributed by atoms with Gasteiger partial charge < -0.3 is 0 Å². The number of hydrogen-bond donors (Lipinski definition) is 0. The molecule has 0 N–H and O–H groups in total. The predicted molar refractivity (Wildman–Crippen MR) is 64.7 cm³/mol. The van der Waals surface area contributed by atoms with Gasteiger partial charge in [0.05, 0.1) is 0 Å². The summed E-state index contributed by atoms with van der Waals surface area (Å²) < 4.78 is 0. The third-order valence-corrected chi connectivity index (χ3v) is 4.47. The molecule has 1 aromatic carbocycles. The van der Waals surface area contributed by atoms with Crippen LogP contribution in [0.4, 0.5) is 0 Å². The first kappa shape index (κ1) is 10.7. The smallest absolute Gasteiger partial charge is 0.167 e. The van der Waals surface area contributed by atoms with E-state index in [9.17, 15) is 9.59 Å². The van der Waals surface area contributed by atoms with Crippen LogP contribution in [0.15, 0.2) is 30.3 Å². The number of Topliss-reactive ketones (excluding diaryl/α,β-unsaturated/α-hetero) is 2. The third-order valence-electron chi connectivity index (χ3n) is 4.47. The lowest BCUT2D eigenvalue weighted by Crippen LogP contribution is -2.14. The zero-order valence-electron chi connectivity index (χ0n) is 9.98. The quantitative estimate of drug-likeness (QED) is 0.729. The number of fused-ring (bicyclic) bond motifs is 1. The van der Waals surface area contributed by atoms with Crippen LogP contribution in [0.2, 0.25) is 0 Å². The van der Waals surface area contributed by atoms with Gasteiger partial charge in [-0.05, 0) is 18.3 Å². The van der Waals surface area contributed by atoms with E-state index < -0.39 is 0 Å². The monoisotopic (exact) mass is 228 g/mol. The molecule has 0 spiro atoms. The molecular formula is C15H16O2. The summed E-state index contributed by atoms with van der Waals surface area (Å²) in [6.45, 7) is 2.10. The third kappa shape index (κ3) is 1.47. The summed E-state index contributed by atoms with van der Waals surface area (Å²) in [6, 6.07) is 9.36.